The lowest BCUT2D eigenvalue weighted by atomic mass is 10.2. The lowest BCUT2D eigenvalue weighted by molar-refractivity contribution is 0.302. The van der Waals surface area contributed by atoms with E-state index in [4.69, 9.17) is 4.74 Å². The Hall–Kier alpha value is -1.21. The summed E-state index contributed by atoms with van der Waals surface area (Å²) in [7, 11) is 0. The van der Waals surface area contributed by atoms with Gasteiger partial charge in [0.05, 0.1) is 0 Å². The van der Waals surface area contributed by atoms with Gasteiger partial charge in [0, 0.05) is 11.5 Å². The molecule has 2 rings (SSSR count). The first-order chi connectivity index (χ1) is 8.19. The number of aromatic nitrogens is 2. The molecule has 17 heavy (non-hydrogen) atoms. The van der Waals surface area contributed by atoms with Crippen molar-refractivity contribution in [3.63, 3.8) is 0 Å². The fourth-order valence-corrected chi connectivity index (χ4v) is 2.19. The van der Waals surface area contributed by atoms with E-state index in [1.807, 2.05) is 6.26 Å². The minimum atomic E-state index is -0.881. The highest BCUT2D eigenvalue weighted by Crippen LogP contribution is 2.21. The average Bonchev–Trinajstić information content (AvgIpc) is 2.79. The molecule has 7 heteroatoms. The molecule has 1 aromatic carbocycles. The van der Waals surface area contributed by atoms with Gasteiger partial charge in [0.2, 0.25) is 5.16 Å². The van der Waals surface area contributed by atoms with Crippen molar-refractivity contribution in [3.8, 4) is 5.19 Å². The summed E-state index contributed by atoms with van der Waals surface area (Å²) in [6.07, 6.45) is 1.86. The normalized spacial score (nSPS) is 10.5. The van der Waals surface area contributed by atoms with E-state index in [9.17, 15) is 8.78 Å². The van der Waals surface area contributed by atoms with Crippen molar-refractivity contribution in [2.75, 3.05) is 6.26 Å². The van der Waals surface area contributed by atoms with E-state index in [0.29, 0.717) is 15.9 Å². The number of nitrogens with zero attached hydrogens (tertiary/aromatic N) is 2. The zero-order valence-corrected chi connectivity index (χ0v) is 10.4. The number of benzene rings is 1. The first-order valence-electron chi connectivity index (χ1n) is 4.63. The molecule has 0 aliphatic rings. The molecule has 1 aromatic heterocycles. The number of thioether (sulfide) groups is 1. The Kier molecular flexibility index (Phi) is 3.90. The summed E-state index contributed by atoms with van der Waals surface area (Å²) in [6, 6.07) is 3.64. The SMILES string of the molecule is CSc1nsc(OCc2ccc(F)c(F)c2)n1. The van der Waals surface area contributed by atoms with E-state index in [0.717, 1.165) is 23.7 Å². The fraction of sp³-hybridized carbons (Fsp3) is 0.200. The molecule has 0 spiro atoms. The zero-order valence-electron chi connectivity index (χ0n) is 8.81. The summed E-state index contributed by atoms with van der Waals surface area (Å²) in [5.74, 6) is -1.75. The van der Waals surface area contributed by atoms with E-state index >= 15 is 0 Å². The van der Waals surface area contributed by atoms with Crippen molar-refractivity contribution in [3.05, 3.63) is 35.4 Å². The van der Waals surface area contributed by atoms with Crippen LogP contribution in [-0.4, -0.2) is 15.6 Å². The Morgan fingerprint density at radius 1 is 1.35 bits per heavy atom. The Morgan fingerprint density at radius 2 is 2.18 bits per heavy atom. The molecule has 0 aliphatic carbocycles. The molecule has 0 atom stereocenters. The third-order valence-electron chi connectivity index (χ3n) is 1.92. The van der Waals surface area contributed by atoms with Gasteiger partial charge in [-0.25, -0.2) is 8.78 Å². The second-order valence-electron chi connectivity index (χ2n) is 3.08. The topological polar surface area (TPSA) is 35.0 Å². The number of ether oxygens (including phenoxy) is 1. The predicted molar refractivity (Wildman–Crippen MR) is 62.4 cm³/mol. The average molecular weight is 274 g/mol. The Morgan fingerprint density at radius 3 is 2.82 bits per heavy atom. The van der Waals surface area contributed by atoms with Gasteiger partial charge < -0.3 is 4.74 Å². The van der Waals surface area contributed by atoms with Gasteiger partial charge in [0.15, 0.2) is 11.6 Å². The predicted octanol–water partition coefficient (Wildman–Crippen LogP) is 3.12. The third-order valence-corrected chi connectivity index (χ3v) is 3.21. The number of halogens is 2. The van der Waals surface area contributed by atoms with Crippen molar-refractivity contribution in [1.29, 1.82) is 0 Å². The van der Waals surface area contributed by atoms with Crippen LogP contribution in [0.15, 0.2) is 23.4 Å². The van der Waals surface area contributed by atoms with Crippen molar-refractivity contribution in [2.45, 2.75) is 11.8 Å². The van der Waals surface area contributed by atoms with Crippen LogP contribution in [0, 0.1) is 11.6 Å². The molecule has 0 saturated heterocycles. The summed E-state index contributed by atoms with van der Waals surface area (Å²) in [6.45, 7) is 0.139. The molecule has 2 aromatic rings. The van der Waals surface area contributed by atoms with Gasteiger partial charge in [0.25, 0.3) is 5.19 Å². The number of hydrogen-bond acceptors (Lipinski definition) is 5. The zero-order chi connectivity index (χ0) is 12.3. The third kappa shape index (κ3) is 3.13. The number of rotatable bonds is 4. The minimum absolute atomic E-state index is 0.139. The van der Waals surface area contributed by atoms with E-state index in [1.165, 1.54) is 17.8 Å². The van der Waals surface area contributed by atoms with Crippen molar-refractivity contribution in [1.82, 2.24) is 9.36 Å². The maximum Gasteiger partial charge on any atom is 0.294 e. The molecular formula is C10H8F2N2OS2. The Labute approximate surface area is 105 Å². The molecule has 3 nitrogen and oxygen atoms in total. The van der Waals surface area contributed by atoms with Gasteiger partial charge in [-0.05, 0) is 24.0 Å². The molecule has 0 bridgehead atoms. The highest BCUT2D eigenvalue weighted by Gasteiger charge is 2.06. The van der Waals surface area contributed by atoms with Crippen LogP contribution in [0.3, 0.4) is 0 Å². The van der Waals surface area contributed by atoms with Gasteiger partial charge in [-0.2, -0.15) is 9.36 Å². The van der Waals surface area contributed by atoms with Gasteiger partial charge in [0.1, 0.15) is 6.61 Å². The van der Waals surface area contributed by atoms with Crippen LogP contribution in [0.25, 0.3) is 0 Å². The van der Waals surface area contributed by atoms with E-state index < -0.39 is 11.6 Å². The quantitative estimate of drug-likeness (QED) is 0.802. The van der Waals surface area contributed by atoms with Crippen molar-refractivity contribution >= 4 is 23.3 Å². The molecule has 0 N–H and O–H groups in total. The Balaban J connectivity index is 1.99. The Bertz CT molecular complexity index is 519. The van der Waals surface area contributed by atoms with Crippen LogP contribution in [-0.2, 0) is 6.61 Å². The molecule has 0 saturated carbocycles. The first kappa shape index (κ1) is 12.3. The van der Waals surface area contributed by atoms with E-state index in [-0.39, 0.29) is 6.61 Å². The molecule has 0 radical (unpaired) electrons. The van der Waals surface area contributed by atoms with Gasteiger partial charge in [-0.1, -0.05) is 17.8 Å². The van der Waals surface area contributed by atoms with E-state index in [1.54, 1.807) is 0 Å². The van der Waals surface area contributed by atoms with Crippen LogP contribution < -0.4 is 4.74 Å². The highest BCUT2D eigenvalue weighted by atomic mass is 32.2. The van der Waals surface area contributed by atoms with Crippen LogP contribution in [0.1, 0.15) is 5.56 Å². The van der Waals surface area contributed by atoms with Crippen LogP contribution >= 0.6 is 23.3 Å². The number of hydrogen-bond donors (Lipinski definition) is 0. The second-order valence-corrected chi connectivity index (χ2v) is 4.57. The summed E-state index contributed by atoms with van der Waals surface area (Å²) in [5, 5.41) is 1.05. The molecule has 1 heterocycles. The van der Waals surface area contributed by atoms with Gasteiger partial charge in [-0.3, -0.25) is 0 Å². The summed E-state index contributed by atoms with van der Waals surface area (Å²) < 4.78 is 34.9. The summed E-state index contributed by atoms with van der Waals surface area (Å²) in [5.41, 5.74) is 0.546. The monoisotopic (exact) mass is 274 g/mol. The maximum absolute atomic E-state index is 12.9. The second kappa shape index (κ2) is 5.42. The maximum atomic E-state index is 12.9. The molecule has 90 valence electrons. The van der Waals surface area contributed by atoms with Crippen LogP contribution in [0.2, 0.25) is 0 Å². The van der Waals surface area contributed by atoms with Gasteiger partial charge in [-0.15, -0.1) is 0 Å². The first-order valence-corrected chi connectivity index (χ1v) is 6.63. The van der Waals surface area contributed by atoms with Crippen molar-refractivity contribution in [2.24, 2.45) is 0 Å². The lowest BCUT2D eigenvalue weighted by Gasteiger charge is -2.02. The van der Waals surface area contributed by atoms with Crippen molar-refractivity contribution < 1.29 is 13.5 Å². The van der Waals surface area contributed by atoms with Gasteiger partial charge >= 0.3 is 0 Å². The smallest absolute Gasteiger partial charge is 0.294 e. The molecule has 0 aliphatic heterocycles. The fourth-order valence-electron chi connectivity index (χ4n) is 1.11. The standard InChI is InChI=1S/C10H8F2N2OS2/c1-16-9-13-10(17-14-9)15-5-6-2-3-7(11)8(12)4-6/h2-4H,5H2,1H3. The highest BCUT2D eigenvalue weighted by molar-refractivity contribution is 7.98. The molecular weight excluding hydrogens is 266 g/mol. The largest absolute Gasteiger partial charge is 0.464 e. The molecule has 0 amide bonds. The molecule has 0 unspecified atom stereocenters. The van der Waals surface area contributed by atoms with Crippen LogP contribution in [0.5, 0.6) is 5.19 Å². The van der Waals surface area contributed by atoms with E-state index in [2.05, 4.69) is 9.36 Å². The lowest BCUT2D eigenvalue weighted by Crippen LogP contribution is -1.96. The van der Waals surface area contributed by atoms with Crippen LogP contribution in [0.4, 0.5) is 8.78 Å². The summed E-state index contributed by atoms with van der Waals surface area (Å²) in [4.78, 5) is 4.06. The summed E-state index contributed by atoms with van der Waals surface area (Å²) >= 11 is 2.54. The minimum Gasteiger partial charge on any atom is -0.464 e. The molecule has 0 fully saturated rings.